The van der Waals surface area contributed by atoms with Crippen molar-refractivity contribution in [3.05, 3.63) is 35.5 Å². The van der Waals surface area contributed by atoms with Crippen LogP contribution in [0.4, 0.5) is 0 Å². The van der Waals surface area contributed by atoms with Crippen molar-refractivity contribution in [1.82, 2.24) is 4.57 Å². The van der Waals surface area contributed by atoms with Gasteiger partial charge in [-0.3, -0.25) is 0 Å². The summed E-state index contributed by atoms with van der Waals surface area (Å²) in [4.78, 5) is 11.2. The number of nitrogens with zero attached hydrogens (tertiary/aromatic N) is 1. The molecule has 0 fully saturated rings. The number of aliphatic hydroxyl groups excluding tert-OH is 1. The van der Waals surface area contributed by atoms with E-state index in [4.69, 9.17) is 10.8 Å². The minimum Gasteiger partial charge on any atom is -0.478 e. The molecule has 96 valence electrons. The van der Waals surface area contributed by atoms with Crippen LogP contribution < -0.4 is 5.73 Å². The van der Waals surface area contributed by atoms with E-state index in [1.165, 1.54) is 0 Å². The number of aliphatic hydroxyl groups is 1. The number of benzene rings is 1. The quantitative estimate of drug-likeness (QED) is 0.731. The molecule has 1 aromatic carbocycles. The third kappa shape index (κ3) is 2.10. The Morgan fingerprint density at radius 1 is 1.39 bits per heavy atom. The van der Waals surface area contributed by atoms with Crippen LogP contribution in [0.2, 0.25) is 0 Å². The zero-order chi connectivity index (χ0) is 13.1. The van der Waals surface area contributed by atoms with Crippen molar-refractivity contribution in [2.24, 2.45) is 5.73 Å². The van der Waals surface area contributed by atoms with E-state index in [2.05, 4.69) is 0 Å². The molecule has 4 N–H and O–H groups in total. The summed E-state index contributed by atoms with van der Waals surface area (Å²) in [5, 5.41) is 19.2. The van der Waals surface area contributed by atoms with E-state index in [9.17, 15) is 9.90 Å². The number of carbonyl (C=O) groups is 1. The highest BCUT2D eigenvalue weighted by Gasteiger charge is 2.15. The Labute approximate surface area is 104 Å². The van der Waals surface area contributed by atoms with Gasteiger partial charge in [0.15, 0.2) is 0 Å². The molecule has 5 nitrogen and oxygen atoms in total. The molecule has 0 radical (unpaired) electrons. The van der Waals surface area contributed by atoms with Gasteiger partial charge >= 0.3 is 5.97 Å². The first kappa shape index (κ1) is 12.6. The highest BCUT2D eigenvalue weighted by atomic mass is 16.4. The Hall–Kier alpha value is -1.85. The Morgan fingerprint density at radius 2 is 2.17 bits per heavy atom. The number of fused-ring (bicyclic) bond motifs is 1. The molecule has 0 unspecified atom stereocenters. The Morgan fingerprint density at radius 3 is 2.78 bits per heavy atom. The SMILES string of the molecule is NCCc1cn(CCO)c2c(C(=O)O)cccc12. The molecule has 0 aliphatic heterocycles. The van der Waals surface area contributed by atoms with Gasteiger partial charge in [-0.1, -0.05) is 12.1 Å². The smallest absolute Gasteiger partial charge is 0.337 e. The second-order valence-corrected chi connectivity index (χ2v) is 4.12. The van der Waals surface area contributed by atoms with Crippen LogP contribution in [0.15, 0.2) is 24.4 Å². The van der Waals surface area contributed by atoms with E-state index in [-0.39, 0.29) is 12.2 Å². The summed E-state index contributed by atoms with van der Waals surface area (Å²) >= 11 is 0. The van der Waals surface area contributed by atoms with Crippen LogP contribution in [0, 0.1) is 0 Å². The minimum atomic E-state index is -0.961. The topological polar surface area (TPSA) is 88.5 Å². The van der Waals surface area contributed by atoms with Gasteiger partial charge in [0.25, 0.3) is 0 Å². The molecular weight excluding hydrogens is 232 g/mol. The van der Waals surface area contributed by atoms with Crippen LogP contribution in [-0.4, -0.2) is 33.9 Å². The Kier molecular flexibility index (Phi) is 3.64. The van der Waals surface area contributed by atoms with E-state index in [1.807, 2.05) is 12.3 Å². The largest absolute Gasteiger partial charge is 0.478 e. The standard InChI is InChI=1S/C13H16N2O3/c14-5-4-9-8-15(6-7-16)12-10(9)2-1-3-11(12)13(17)18/h1-3,8,16H,4-7,14H2,(H,17,18). The Balaban J connectivity index is 2.70. The van der Waals surface area contributed by atoms with Crippen molar-refractivity contribution in [2.45, 2.75) is 13.0 Å². The van der Waals surface area contributed by atoms with Gasteiger partial charge in [-0.25, -0.2) is 4.79 Å². The number of aromatic carboxylic acids is 1. The van der Waals surface area contributed by atoms with Gasteiger partial charge < -0.3 is 20.5 Å². The van der Waals surface area contributed by atoms with Crippen LogP contribution in [-0.2, 0) is 13.0 Å². The number of hydrogen-bond acceptors (Lipinski definition) is 3. The molecule has 1 heterocycles. The third-order valence-corrected chi connectivity index (χ3v) is 2.97. The minimum absolute atomic E-state index is 0.0280. The number of hydrogen-bond donors (Lipinski definition) is 3. The van der Waals surface area contributed by atoms with E-state index in [0.717, 1.165) is 10.9 Å². The fraction of sp³-hybridized carbons (Fsp3) is 0.308. The first-order valence-electron chi connectivity index (χ1n) is 5.84. The number of carboxylic acids is 1. The second-order valence-electron chi connectivity index (χ2n) is 4.12. The molecule has 18 heavy (non-hydrogen) atoms. The van der Waals surface area contributed by atoms with Gasteiger partial charge in [0.2, 0.25) is 0 Å². The van der Waals surface area contributed by atoms with E-state index in [1.54, 1.807) is 16.7 Å². The molecule has 0 atom stereocenters. The third-order valence-electron chi connectivity index (χ3n) is 2.97. The zero-order valence-corrected chi connectivity index (χ0v) is 9.97. The van der Waals surface area contributed by atoms with E-state index < -0.39 is 5.97 Å². The highest BCUT2D eigenvalue weighted by Crippen LogP contribution is 2.25. The van der Waals surface area contributed by atoms with Gasteiger partial charge in [-0.2, -0.15) is 0 Å². The van der Waals surface area contributed by atoms with Gasteiger partial charge in [0.1, 0.15) is 0 Å². The maximum atomic E-state index is 11.2. The lowest BCUT2D eigenvalue weighted by atomic mass is 10.1. The average molecular weight is 248 g/mol. The molecule has 1 aromatic heterocycles. The lowest BCUT2D eigenvalue weighted by molar-refractivity contribution is 0.0698. The maximum Gasteiger partial charge on any atom is 0.337 e. The van der Waals surface area contributed by atoms with Crippen LogP contribution in [0.25, 0.3) is 10.9 Å². The number of aromatic nitrogens is 1. The van der Waals surface area contributed by atoms with Crippen molar-refractivity contribution < 1.29 is 15.0 Å². The van der Waals surface area contributed by atoms with Crippen LogP contribution in [0.5, 0.6) is 0 Å². The predicted octanol–water partition coefficient (Wildman–Crippen LogP) is 0.833. The first-order valence-corrected chi connectivity index (χ1v) is 5.84. The molecule has 0 saturated heterocycles. The van der Waals surface area contributed by atoms with Gasteiger partial charge in [-0.05, 0) is 24.6 Å². The maximum absolute atomic E-state index is 11.2. The molecule has 5 heteroatoms. The van der Waals surface area contributed by atoms with Crippen molar-refractivity contribution in [2.75, 3.05) is 13.2 Å². The highest BCUT2D eigenvalue weighted by molar-refractivity contribution is 6.03. The number of nitrogens with two attached hydrogens (primary N) is 1. The van der Waals surface area contributed by atoms with E-state index in [0.29, 0.717) is 25.0 Å². The molecule has 0 saturated carbocycles. The molecule has 0 aliphatic rings. The molecule has 0 amide bonds. The summed E-state index contributed by atoms with van der Waals surface area (Å²) in [7, 11) is 0. The molecule has 0 aliphatic carbocycles. The van der Waals surface area contributed by atoms with E-state index >= 15 is 0 Å². The molecular formula is C13H16N2O3. The van der Waals surface area contributed by atoms with Crippen LogP contribution in [0.1, 0.15) is 15.9 Å². The van der Waals surface area contributed by atoms with Crippen molar-refractivity contribution in [3.8, 4) is 0 Å². The fourth-order valence-corrected chi connectivity index (χ4v) is 2.25. The zero-order valence-electron chi connectivity index (χ0n) is 9.97. The van der Waals surface area contributed by atoms with Crippen molar-refractivity contribution in [3.63, 3.8) is 0 Å². The molecule has 0 spiro atoms. The predicted molar refractivity (Wildman–Crippen MR) is 68.7 cm³/mol. The summed E-state index contributed by atoms with van der Waals surface area (Å²) in [5.74, 6) is -0.961. The summed E-state index contributed by atoms with van der Waals surface area (Å²) < 4.78 is 1.78. The number of rotatable bonds is 5. The second kappa shape index (κ2) is 5.20. The van der Waals surface area contributed by atoms with Gasteiger partial charge in [0.05, 0.1) is 17.7 Å². The molecule has 2 aromatic rings. The van der Waals surface area contributed by atoms with Crippen molar-refractivity contribution >= 4 is 16.9 Å². The molecule has 2 rings (SSSR count). The van der Waals surface area contributed by atoms with Gasteiger partial charge in [-0.15, -0.1) is 0 Å². The number of carboxylic acid groups (broad SMARTS) is 1. The van der Waals surface area contributed by atoms with Crippen LogP contribution >= 0.6 is 0 Å². The monoisotopic (exact) mass is 248 g/mol. The summed E-state index contributed by atoms with van der Waals surface area (Å²) in [6.45, 7) is 0.862. The average Bonchev–Trinajstić information content (AvgIpc) is 2.69. The molecule has 0 bridgehead atoms. The lowest BCUT2D eigenvalue weighted by Crippen LogP contribution is -2.05. The lowest BCUT2D eigenvalue weighted by Gasteiger charge is -2.05. The summed E-state index contributed by atoms with van der Waals surface area (Å²) in [6.07, 6.45) is 2.57. The Bertz CT molecular complexity index is 575. The fourth-order valence-electron chi connectivity index (χ4n) is 2.25. The van der Waals surface area contributed by atoms with Crippen LogP contribution in [0.3, 0.4) is 0 Å². The first-order chi connectivity index (χ1) is 8.69. The summed E-state index contributed by atoms with van der Waals surface area (Å²) in [5.41, 5.74) is 7.48. The van der Waals surface area contributed by atoms with Crippen molar-refractivity contribution in [1.29, 1.82) is 0 Å². The van der Waals surface area contributed by atoms with Gasteiger partial charge in [0, 0.05) is 18.1 Å². The summed E-state index contributed by atoms with van der Waals surface area (Å²) in [6, 6.07) is 5.19. The normalized spacial score (nSPS) is 11.0. The number of para-hydroxylation sites is 1.